The molecule has 2 aromatic rings. The van der Waals surface area contributed by atoms with Crippen LogP contribution in [-0.2, 0) is 16.3 Å². The molecule has 2 aliphatic heterocycles. The first kappa shape index (κ1) is 19.4. The van der Waals surface area contributed by atoms with E-state index in [0.717, 1.165) is 18.4 Å². The predicted molar refractivity (Wildman–Crippen MR) is 114 cm³/mol. The molecule has 0 bridgehead atoms. The summed E-state index contributed by atoms with van der Waals surface area (Å²) in [7, 11) is -2.18. The number of para-hydroxylation sites is 1. The Hall–Kier alpha value is -2.87. The van der Waals surface area contributed by atoms with Crippen LogP contribution in [0.3, 0.4) is 0 Å². The van der Waals surface area contributed by atoms with E-state index >= 15 is 0 Å². The minimum absolute atomic E-state index is 0.0959. The van der Waals surface area contributed by atoms with Crippen LogP contribution < -0.4 is 10.6 Å². The van der Waals surface area contributed by atoms with Gasteiger partial charge in [-0.25, -0.2) is 9.00 Å². The molecule has 0 spiro atoms. The van der Waals surface area contributed by atoms with Crippen LogP contribution in [0.15, 0.2) is 52.9 Å². The van der Waals surface area contributed by atoms with Gasteiger partial charge in [-0.2, -0.15) is 4.36 Å². The Balaban J connectivity index is 1.52. The van der Waals surface area contributed by atoms with Crippen LogP contribution in [0.5, 0.6) is 0 Å². The number of hydrogen-bond donors (Lipinski definition) is 2. The number of nitrogens with one attached hydrogen (secondary N) is 2. The lowest BCUT2D eigenvalue weighted by molar-refractivity contribution is 0.102. The summed E-state index contributed by atoms with van der Waals surface area (Å²) in [6, 6.07) is 14.3. The minimum atomic E-state index is -2.18. The van der Waals surface area contributed by atoms with Gasteiger partial charge in [0, 0.05) is 42.4 Å². The van der Waals surface area contributed by atoms with Crippen molar-refractivity contribution in [1.29, 1.82) is 0 Å². The number of carbonyl (C=O) groups is 2. The van der Waals surface area contributed by atoms with Crippen molar-refractivity contribution in [3.63, 3.8) is 0 Å². The van der Waals surface area contributed by atoms with E-state index in [1.54, 1.807) is 29.2 Å². The summed E-state index contributed by atoms with van der Waals surface area (Å²) in [6.07, 6.45) is 1.88. The Morgan fingerprint density at radius 3 is 2.69 bits per heavy atom. The minimum Gasteiger partial charge on any atom is -0.336 e. The highest BCUT2D eigenvalue weighted by atomic mass is 32.2. The highest BCUT2D eigenvalue weighted by Crippen LogP contribution is 2.23. The molecule has 3 amide bonds. The van der Waals surface area contributed by atoms with Crippen molar-refractivity contribution in [3.8, 4) is 0 Å². The Morgan fingerprint density at radius 1 is 1.14 bits per heavy atom. The molecule has 2 N–H and O–H groups in total. The van der Waals surface area contributed by atoms with Gasteiger partial charge in [0.15, 0.2) is 0 Å². The maximum atomic E-state index is 12.8. The summed E-state index contributed by atoms with van der Waals surface area (Å²) >= 11 is 0. The number of amides is 3. The van der Waals surface area contributed by atoms with E-state index in [0.29, 0.717) is 48.1 Å². The van der Waals surface area contributed by atoms with Crippen molar-refractivity contribution in [1.82, 2.24) is 10.2 Å². The summed E-state index contributed by atoms with van der Waals surface area (Å²) in [5.74, 6) is 0.989. The van der Waals surface area contributed by atoms with Crippen LogP contribution in [0.4, 0.5) is 16.2 Å². The molecule has 8 heteroatoms. The maximum Gasteiger partial charge on any atom is 0.317 e. The fraction of sp³-hybridized carbons (Fsp3) is 0.333. The molecule has 0 aromatic heterocycles. The lowest BCUT2D eigenvalue weighted by Gasteiger charge is -2.17. The predicted octanol–water partition coefficient (Wildman–Crippen LogP) is 3.36. The Labute approximate surface area is 170 Å². The average molecular weight is 413 g/mol. The van der Waals surface area contributed by atoms with Gasteiger partial charge in [0.25, 0.3) is 5.91 Å². The highest BCUT2D eigenvalue weighted by Gasteiger charge is 2.21. The van der Waals surface area contributed by atoms with E-state index in [4.69, 9.17) is 0 Å². The molecule has 0 atom stereocenters. The van der Waals surface area contributed by atoms with Gasteiger partial charge >= 0.3 is 6.03 Å². The molecule has 2 aliphatic rings. The molecule has 4 rings (SSSR count). The van der Waals surface area contributed by atoms with Crippen LogP contribution in [0.2, 0.25) is 0 Å². The van der Waals surface area contributed by atoms with Gasteiger partial charge < -0.3 is 15.5 Å². The van der Waals surface area contributed by atoms with Crippen molar-refractivity contribution in [3.05, 3.63) is 59.7 Å². The number of carbonyl (C=O) groups excluding carboxylic acids is 2. The molecule has 7 nitrogen and oxygen atoms in total. The first-order chi connectivity index (χ1) is 14.0. The van der Waals surface area contributed by atoms with Gasteiger partial charge in [0.1, 0.15) is 0 Å². The third-order valence-corrected chi connectivity index (χ3v) is 7.53. The quantitative estimate of drug-likeness (QED) is 0.789. The lowest BCUT2D eigenvalue weighted by atomic mass is 10.1. The van der Waals surface area contributed by atoms with Crippen LogP contribution in [0, 0.1) is 0 Å². The third kappa shape index (κ3) is 4.59. The zero-order valence-electron chi connectivity index (χ0n) is 16.1. The van der Waals surface area contributed by atoms with E-state index in [2.05, 4.69) is 15.0 Å². The Bertz CT molecular complexity index is 1050. The summed E-state index contributed by atoms with van der Waals surface area (Å²) in [6.45, 7) is 1.70. The second kappa shape index (κ2) is 8.24. The summed E-state index contributed by atoms with van der Waals surface area (Å²) in [5, 5.41) is 5.72. The van der Waals surface area contributed by atoms with Crippen molar-refractivity contribution >= 4 is 33.0 Å². The van der Waals surface area contributed by atoms with Gasteiger partial charge in [-0.15, -0.1) is 0 Å². The molecule has 0 radical (unpaired) electrons. The van der Waals surface area contributed by atoms with Crippen molar-refractivity contribution in [2.75, 3.05) is 29.9 Å². The molecular weight excluding hydrogens is 388 g/mol. The van der Waals surface area contributed by atoms with Crippen LogP contribution >= 0.6 is 0 Å². The van der Waals surface area contributed by atoms with E-state index in [1.807, 2.05) is 24.3 Å². The van der Waals surface area contributed by atoms with Gasteiger partial charge in [-0.1, -0.05) is 24.3 Å². The SMILES string of the molecule is O=C(Nc1ccccc1CN1CCNC1=O)c1cccc(N=S2(=O)CCCC2)c1. The van der Waals surface area contributed by atoms with E-state index < -0.39 is 9.73 Å². The lowest BCUT2D eigenvalue weighted by Crippen LogP contribution is -2.28. The standard InChI is InChI=1S/C21H24N4O3S/c26-20(16-7-5-8-18(14-16)24-29(28)12-3-4-13-29)23-19-9-2-1-6-17(19)15-25-11-10-22-21(25)27/h1-2,5-9,14H,3-4,10-13,15H2,(H,22,27)(H,23,26). The molecular formula is C21H24N4O3S. The number of anilines is 1. The summed E-state index contributed by atoms with van der Waals surface area (Å²) in [4.78, 5) is 26.4. The van der Waals surface area contributed by atoms with Crippen molar-refractivity contribution in [2.45, 2.75) is 19.4 Å². The van der Waals surface area contributed by atoms with Gasteiger partial charge in [0.05, 0.1) is 15.4 Å². The smallest absolute Gasteiger partial charge is 0.317 e. The third-order valence-electron chi connectivity index (χ3n) is 5.13. The number of benzene rings is 2. The molecule has 0 saturated carbocycles. The molecule has 2 aromatic carbocycles. The van der Waals surface area contributed by atoms with Crippen molar-refractivity contribution < 1.29 is 13.8 Å². The second-order valence-electron chi connectivity index (χ2n) is 7.29. The van der Waals surface area contributed by atoms with E-state index in [1.165, 1.54) is 0 Å². The molecule has 2 saturated heterocycles. The second-order valence-corrected chi connectivity index (χ2v) is 9.84. The van der Waals surface area contributed by atoms with Crippen LogP contribution in [0.25, 0.3) is 0 Å². The fourth-order valence-corrected chi connectivity index (χ4v) is 5.78. The first-order valence-electron chi connectivity index (χ1n) is 9.77. The van der Waals surface area contributed by atoms with Gasteiger partial charge in [-0.05, 0) is 42.7 Å². The van der Waals surface area contributed by atoms with E-state index in [9.17, 15) is 13.8 Å². The zero-order chi connectivity index (χ0) is 20.3. The van der Waals surface area contributed by atoms with Crippen molar-refractivity contribution in [2.24, 2.45) is 4.36 Å². The highest BCUT2D eigenvalue weighted by molar-refractivity contribution is 7.93. The maximum absolute atomic E-state index is 12.8. The largest absolute Gasteiger partial charge is 0.336 e. The zero-order valence-corrected chi connectivity index (χ0v) is 16.9. The molecule has 2 heterocycles. The monoisotopic (exact) mass is 412 g/mol. The number of nitrogens with zero attached hydrogens (tertiary/aromatic N) is 2. The number of urea groups is 1. The average Bonchev–Trinajstić information content (AvgIpc) is 3.32. The number of hydrogen-bond acceptors (Lipinski definition) is 4. The molecule has 2 fully saturated rings. The topological polar surface area (TPSA) is 90.9 Å². The first-order valence-corrected chi connectivity index (χ1v) is 11.6. The molecule has 0 unspecified atom stereocenters. The van der Waals surface area contributed by atoms with Gasteiger partial charge in [0.2, 0.25) is 0 Å². The summed E-state index contributed by atoms with van der Waals surface area (Å²) in [5.41, 5.74) is 2.57. The van der Waals surface area contributed by atoms with Gasteiger partial charge in [-0.3, -0.25) is 4.79 Å². The summed E-state index contributed by atoms with van der Waals surface area (Å²) < 4.78 is 17.1. The van der Waals surface area contributed by atoms with Crippen LogP contribution in [0.1, 0.15) is 28.8 Å². The molecule has 0 aliphatic carbocycles. The fourth-order valence-electron chi connectivity index (χ4n) is 3.59. The van der Waals surface area contributed by atoms with Crippen LogP contribution in [-0.4, -0.2) is 45.6 Å². The Morgan fingerprint density at radius 2 is 1.93 bits per heavy atom. The number of rotatable bonds is 5. The van der Waals surface area contributed by atoms with E-state index in [-0.39, 0.29) is 11.9 Å². The molecule has 29 heavy (non-hydrogen) atoms. The molecule has 152 valence electrons. The normalized spacial score (nSPS) is 17.8. The Kier molecular flexibility index (Phi) is 5.53.